The number of hydrogen-bond donors (Lipinski definition) is 1. The molecule has 0 saturated carbocycles. The summed E-state index contributed by atoms with van der Waals surface area (Å²) in [5.41, 5.74) is 2.34. The molecule has 0 unspecified atom stereocenters. The molecule has 5 rings (SSSR count). The number of fused-ring (bicyclic) bond motifs is 2. The SMILES string of the molecule is C=CCn1c(=NC(=O)c2cccc(NS(=O)(=O)c3ccc(C)cc3)c2)sc2cc3c(cc21)OCCO3. The van der Waals surface area contributed by atoms with Gasteiger partial charge in [0.1, 0.15) is 13.2 Å². The number of benzene rings is 3. The number of amides is 1. The van der Waals surface area contributed by atoms with Crippen molar-refractivity contribution in [2.45, 2.75) is 18.4 Å². The van der Waals surface area contributed by atoms with Crippen LogP contribution >= 0.6 is 11.3 Å². The molecule has 1 aliphatic rings. The highest BCUT2D eigenvalue weighted by molar-refractivity contribution is 7.92. The van der Waals surface area contributed by atoms with Crippen molar-refractivity contribution in [2.75, 3.05) is 17.9 Å². The second-order valence-corrected chi connectivity index (χ2v) is 10.9. The Balaban J connectivity index is 1.48. The molecule has 184 valence electrons. The van der Waals surface area contributed by atoms with Crippen molar-refractivity contribution in [2.24, 2.45) is 4.99 Å². The molecule has 0 spiro atoms. The molecule has 36 heavy (non-hydrogen) atoms. The fourth-order valence-corrected chi connectivity index (χ4v) is 5.89. The minimum Gasteiger partial charge on any atom is -0.486 e. The van der Waals surface area contributed by atoms with Crippen molar-refractivity contribution < 1.29 is 22.7 Å². The summed E-state index contributed by atoms with van der Waals surface area (Å²) in [5, 5.41) is 0. The third-order valence-corrected chi connectivity index (χ3v) is 7.99. The number of allylic oxidation sites excluding steroid dienone is 1. The Bertz CT molecular complexity index is 1650. The highest BCUT2D eigenvalue weighted by Gasteiger charge is 2.18. The van der Waals surface area contributed by atoms with E-state index in [1.54, 1.807) is 36.4 Å². The standard InChI is InChI=1S/C26H23N3O5S2/c1-3-11-29-21-15-22-23(34-13-12-33-22)16-24(21)35-26(29)27-25(30)18-5-4-6-19(14-18)28-36(31,32)20-9-7-17(2)8-10-20/h3-10,14-16,28H,1,11-13H2,2H3. The van der Waals surface area contributed by atoms with Crippen LogP contribution in [0.5, 0.6) is 11.5 Å². The molecule has 0 atom stereocenters. The van der Waals surface area contributed by atoms with E-state index in [-0.39, 0.29) is 16.1 Å². The molecule has 1 aromatic heterocycles. The Morgan fingerprint density at radius 3 is 2.56 bits per heavy atom. The monoisotopic (exact) mass is 521 g/mol. The first-order valence-corrected chi connectivity index (χ1v) is 13.5. The zero-order chi connectivity index (χ0) is 25.3. The zero-order valence-electron chi connectivity index (χ0n) is 19.4. The minimum absolute atomic E-state index is 0.140. The van der Waals surface area contributed by atoms with E-state index in [0.717, 1.165) is 15.8 Å². The summed E-state index contributed by atoms with van der Waals surface area (Å²) in [5.74, 6) is 0.816. The van der Waals surface area contributed by atoms with Crippen molar-refractivity contribution in [1.29, 1.82) is 0 Å². The number of nitrogens with zero attached hydrogens (tertiary/aromatic N) is 2. The van der Waals surface area contributed by atoms with Crippen molar-refractivity contribution >= 4 is 43.2 Å². The molecule has 2 heterocycles. The molecule has 4 aromatic rings. The maximum absolute atomic E-state index is 13.1. The molecule has 1 aliphatic heterocycles. The number of thiazole rings is 1. The van der Waals surface area contributed by atoms with Crippen molar-refractivity contribution in [1.82, 2.24) is 4.57 Å². The van der Waals surface area contributed by atoms with Gasteiger partial charge in [0.15, 0.2) is 16.3 Å². The largest absolute Gasteiger partial charge is 0.486 e. The number of nitrogens with one attached hydrogen (secondary N) is 1. The Kier molecular flexibility index (Phi) is 6.38. The van der Waals surface area contributed by atoms with E-state index in [4.69, 9.17) is 9.47 Å². The molecule has 0 radical (unpaired) electrons. The second kappa shape index (κ2) is 9.63. The first-order chi connectivity index (χ1) is 17.3. The van der Waals surface area contributed by atoms with E-state index < -0.39 is 15.9 Å². The van der Waals surface area contributed by atoms with Gasteiger partial charge in [-0.1, -0.05) is 41.2 Å². The van der Waals surface area contributed by atoms with Crippen molar-refractivity contribution in [3.05, 3.63) is 89.2 Å². The lowest BCUT2D eigenvalue weighted by atomic mass is 10.2. The molecule has 1 amide bonds. The average Bonchev–Trinajstić information content (AvgIpc) is 3.18. The van der Waals surface area contributed by atoms with Crippen LogP contribution < -0.4 is 19.0 Å². The molecule has 1 N–H and O–H groups in total. The summed E-state index contributed by atoms with van der Waals surface area (Å²) in [6.07, 6.45) is 1.73. The predicted molar refractivity (Wildman–Crippen MR) is 139 cm³/mol. The summed E-state index contributed by atoms with van der Waals surface area (Å²) in [4.78, 5) is 18.1. The Morgan fingerprint density at radius 1 is 1.11 bits per heavy atom. The van der Waals surface area contributed by atoms with Crippen molar-refractivity contribution in [3.63, 3.8) is 0 Å². The fraction of sp³-hybridized carbons (Fsp3) is 0.154. The van der Waals surface area contributed by atoms with Crippen LogP contribution in [0.3, 0.4) is 0 Å². The lowest BCUT2D eigenvalue weighted by molar-refractivity contribution is 0.0998. The molecule has 0 aliphatic carbocycles. The van der Waals surface area contributed by atoms with Crippen LogP contribution in [0.25, 0.3) is 10.2 Å². The maximum Gasteiger partial charge on any atom is 0.279 e. The van der Waals surface area contributed by atoms with Crippen LogP contribution in [0, 0.1) is 6.92 Å². The third kappa shape index (κ3) is 4.77. The topological polar surface area (TPSA) is 99.0 Å². The molecular formula is C26H23N3O5S2. The summed E-state index contributed by atoms with van der Waals surface area (Å²) in [6, 6.07) is 16.6. The van der Waals surface area contributed by atoms with Gasteiger partial charge in [-0.3, -0.25) is 9.52 Å². The van der Waals surface area contributed by atoms with Gasteiger partial charge in [0, 0.05) is 29.9 Å². The summed E-state index contributed by atoms with van der Waals surface area (Å²) in [6.45, 7) is 7.11. The van der Waals surface area contributed by atoms with Crippen LogP contribution in [0.4, 0.5) is 5.69 Å². The Morgan fingerprint density at radius 2 is 1.83 bits per heavy atom. The number of rotatable bonds is 6. The molecule has 3 aromatic carbocycles. The quantitative estimate of drug-likeness (QED) is 0.377. The van der Waals surface area contributed by atoms with Gasteiger partial charge in [-0.05, 0) is 37.3 Å². The predicted octanol–water partition coefficient (Wildman–Crippen LogP) is 4.51. The van der Waals surface area contributed by atoms with Gasteiger partial charge in [-0.25, -0.2) is 8.42 Å². The number of aromatic nitrogens is 1. The molecule has 0 bridgehead atoms. The van der Waals surface area contributed by atoms with E-state index >= 15 is 0 Å². The molecule has 0 saturated heterocycles. The summed E-state index contributed by atoms with van der Waals surface area (Å²) >= 11 is 1.35. The van der Waals surface area contributed by atoms with Gasteiger partial charge >= 0.3 is 0 Å². The van der Waals surface area contributed by atoms with E-state index in [0.29, 0.717) is 36.1 Å². The van der Waals surface area contributed by atoms with Gasteiger partial charge in [0.25, 0.3) is 15.9 Å². The Labute approximate surface area is 212 Å². The average molecular weight is 522 g/mol. The van der Waals surface area contributed by atoms with E-state index in [2.05, 4.69) is 16.3 Å². The Hall–Kier alpha value is -3.89. The van der Waals surface area contributed by atoms with E-state index in [9.17, 15) is 13.2 Å². The number of carbonyl (C=O) groups excluding carboxylic acids is 1. The molecule has 0 fully saturated rings. The van der Waals surface area contributed by atoms with Gasteiger partial charge in [-0.2, -0.15) is 4.99 Å². The van der Waals surface area contributed by atoms with Gasteiger partial charge < -0.3 is 14.0 Å². The highest BCUT2D eigenvalue weighted by Crippen LogP contribution is 2.35. The molecular weight excluding hydrogens is 498 g/mol. The zero-order valence-corrected chi connectivity index (χ0v) is 21.1. The van der Waals surface area contributed by atoms with Crippen LogP contribution in [0.15, 0.2) is 83.2 Å². The summed E-state index contributed by atoms with van der Waals surface area (Å²) < 4.78 is 42.2. The van der Waals surface area contributed by atoms with Crippen LogP contribution in [0.2, 0.25) is 0 Å². The lowest BCUT2D eigenvalue weighted by Gasteiger charge is -2.18. The third-order valence-electron chi connectivity index (χ3n) is 5.55. The van der Waals surface area contributed by atoms with Crippen LogP contribution in [-0.4, -0.2) is 32.1 Å². The van der Waals surface area contributed by atoms with Gasteiger partial charge in [0.2, 0.25) is 0 Å². The number of sulfonamides is 1. The van der Waals surface area contributed by atoms with Crippen molar-refractivity contribution in [3.8, 4) is 11.5 Å². The normalized spacial score (nSPS) is 13.5. The number of ether oxygens (including phenoxy) is 2. The number of aryl methyl sites for hydroxylation is 1. The lowest BCUT2D eigenvalue weighted by Crippen LogP contribution is -2.17. The van der Waals surface area contributed by atoms with Gasteiger partial charge in [-0.15, -0.1) is 6.58 Å². The second-order valence-electron chi connectivity index (χ2n) is 8.16. The van der Waals surface area contributed by atoms with Crippen LogP contribution in [-0.2, 0) is 16.6 Å². The summed E-state index contributed by atoms with van der Waals surface area (Å²) in [7, 11) is -3.80. The minimum atomic E-state index is -3.80. The smallest absolute Gasteiger partial charge is 0.279 e. The molecule has 10 heteroatoms. The van der Waals surface area contributed by atoms with E-state index in [1.807, 2.05) is 23.6 Å². The number of anilines is 1. The van der Waals surface area contributed by atoms with Gasteiger partial charge in [0.05, 0.1) is 15.1 Å². The first kappa shape index (κ1) is 23.8. The highest BCUT2D eigenvalue weighted by atomic mass is 32.2. The first-order valence-electron chi connectivity index (χ1n) is 11.2. The maximum atomic E-state index is 13.1. The fourth-order valence-electron chi connectivity index (χ4n) is 3.80. The van der Waals surface area contributed by atoms with Crippen LogP contribution in [0.1, 0.15) is 15.9 Å². The molecule has 8 nitrogen and oxygen atoms in total. The number of carbonyl (C=O) groups is 1. The van der Waals surface area contributed by atoms with E-state index in [1.165, 1.54) is 29.5 Å². The number of hydrogen-bond acceptors (Lipinski definition) is 6.